The molecule has 1 aliphatic carbocycles. The normalized spacial score (nSPS) is 19.9. The van der Waals surface area contributed by atoms with Crippen molar-refractivity contribution in [3.8, 4) is 5.75 Å². The van der Waals surface area contributed by atoms with Gasteiger partial charge in [-0.2, -0.15) is 0 Å². The third-order valence-electron chi connectivity index (χ3n) is 6.60. The summed E-state index contributed by atoms with van der Waals surface area (Å²) in [6, 6.07) is 10.5. The molecule has 3 aromatic rings. The predicted molar refractivity (Wildman–Crippen MR) is 136 cm³/mol. The molecule has 1 N–H and O–H groups in total. The van der Waals surface area contributed by atoms with Crippen molar-refractivity contribution >= 4 is 50.3 Å². The van der Waals surface area contributed by atoms with E-state index in [-0.39, 0.29) is 22.9 Å². The Morgan fingerprint density at radius 3 is 2.59 bits per heavy atom. The second-order valence-corrected chi connectivity index (χ2v) is 10.1. The van der Waals surface area contributed by atoms with Gasteiger partial charge in [0.1, 0.15) is 10.9 Å². The Labute approximate surface area is 224 Å². The number of halogens is 5. The lowest BCUT2D eigenvalue weighted by atomic mass is 9.74. The standard InChI is InChI=1S/C26H23BrClF3N2O4/c1-13-22(18-12-15(27)8-10-20(18)32-23(13)28)24(34)33-19-9-7-14(25(35)36-2)11-17(19)16-5-3-4-6-21(16)37-26(29,30)31/h3-6,8,10,12,14,17,19H,7,9,11H2,1-2H3,(H,33,34). The van der Waals surface area contributed by atoms with Crippen LogP contribution in [0.3, 0.4) is 0 Å². The predicted octanol–water partition coefficient (Wildman–Crippen LogP) is 6.71. The Morgan fingerprint density at radius 2 is 1.89 bits per heavy atom. The third kappa shape index (κ3) is 6.01. The monoisotopic (exact) mass is 598 g/mol. The van der Waals surface area contributed by atoms with E-state index >= 15 is 0 Å². The van der Waals surface area contributed by atoms with Gasteiger partial charge in [0.05, 0.1) is 24.1 Å². The first kappa shape index (κ1) is 27.2. The molecule has 1 aliphatic rings. The number of amides is 1. The number of hydrogen-bond donors (Lipinski definition) is 1. The molecule has 0 bridgehead atoms. The SMILES string of the molecule is COC(=O)C1CCC(NC(=O)c2c(C)c(Cl)nc3ccc(Br)cc23)C(c2ccccc2OC(F)(F)F)C1. The maximum Gasteiger partial charge on any atom is 0.573 e. The molecule has 3 atom stereocenters. The summed E-state index contributed by atoms with van der Waals surface area (Å²) in [6.45, 7) is 1.68. The molecular formula is C26H23BrClF3N2O4. The van der Waals surface area contributed by atoms with Gasteiger partial charge in [-0.25, -0.2) is 4.98 Å². The van der Waals surface area contributed by atoms with E-state index in [0.29, 0.717) is 34.9 Å². The topological polar surface area (TPSA) is 77.5 Å². The van der Waals surface area contributed by atoms with Gasteiger partial charge in [-0.15, -0.1) is 13.2 Å². The number of carbonyl (C=O) groups excluding carboxylic acids is 2. The highest BCUT2D eigenvalue weighted by Crippen LogP contribution is 2.42. The van der Waals surface area contributed by atoms with E-state index < -0.39 is 36.1 Å². The lowest BCUT2D eigenvalue weighted by Gasteiger charge is -2.36. The number of fused-ring (bicyclic) bond motifs is 1. The zero-order valence-electron chi connectivity index (χ0n) is 19.9. The van der Waals surface area contributed by atoms with Gasteiger partial charge in [0, 0.05) is 21.8 Å². The zero-order valence-corrected chi connectivity index (χ0v) is 22.2. The zero-order chi connectivity index (χ0) is 26.9. The summed E-state index contributed by atoms with van der Waals surface area (Å²) in [6.07, 6.45) is -3.98. The molecule has 1 saturated carbocycles. The molecular weight excluding hydrogens is 577 g/mol. The minimum Gasteiger partial charge on any atom is -0.469 e. The van der Waals surface area contributed by atoms with Crippen LogP contribution in [0.25, 0.3) is 10.9 Å². The molecule has 1 aromatic heterocycles. The molecule has 0 saturated heterocycles. The van der Waals surface area contributed by atoms with Gasteiger partial charge in [-0.05, 0) is 61.6 Å². The van der Waals surface area contributed by atoms with Crippen molar-refractivity contribution in [1.82, 2.24) is 10.3 Å². The number of alkyl halides is 3. The molecule has 6 nitrogen and oxygen atoms in total. The molecule has 3 unspecified atom stereocenters. The lowest BCUT2D eigenvalue weighted by Crippen LogP contribution is -2.44. The molecule has 0 spiro atoms. The van der Waals surface area contributed by atoms with Crippen LogP contribution in [0, 0.1) is 12.8 Å². The van der Waals surface area contributed by atoms with E-state index in [0.717, 1.165) is 4.47 Å². The number of nitrogens with zero attached hydrogens (tertiary/aromatic N) is 1. The number of methoxy groups -OCH3 is 1. The van der Waals surface area contributed by atoms with Gasteiger partial charge < -0.3 is 14.8 Å². The number of rotatable bonds is 5. The van der Waals surface area contributed by atoms with E-state index in [1.165, 1.54) is 25.3 Å². The van der Waals surface area contributed by atoms with E-state index in [9.17, 15) is 22.8 Å². The maximum atomic E-state index is 13.7. The van der Waals surface area contributed by atoms with Crippen LogP contribution in [0.1, 0.15) is 46.7 Å². The fourth-order valence-corrected chi connectivity index (χ4v) is 5.45. The van der Waals surface area contributed by atoms with Crippen LogP contribution in [0.4, 0.5) is 13.2 Å². The minimum absolute atomic E-state index is 0.176. The number of nitrogens with one attached hydrogen (secondary N) is 1. The number of para-hydroxylation sites is 1. The number of benzene rings is 2. The van der Waals surface area contributed by atoms with Crippen molar-refractivity contribution in [1.29, 1.82) is 0 Å². The van der Waals surface area contributed by atoms with Crippen LogP contribution in [0.2, 0.25) is 5.15 Å². The largest absolute Gasteiger partial charge is 0.573 e. The number of esters is 1. The summed E-state index contributed by atoms with van der Waals surface area (Å²) in [5.74, 6) is -2.43. The average molecular weight is 600 g/mol. The highest BCUT2D eigenvalue weighted by atomic mass is 79.9. The summed E-state index contributed by atoms with van der Waals surface area (Å²) in [5, 5.41) is 3.76. The van der Waals surface area contributed by atoms with Gasteiger partial charge >= 0.3 is 12.3 Å². The van der Waals surface area contributed by atoms with Crippen molar-refractivity contribution in [2.75, 3.05) is 7.11 Å². The molecule has 37 heavy (non-hydrogen) atoms. The quantitative estimate of drug-likeness (QED) is 0.261. The molecule has 1 fully saturated rings. The van der Waals surface area contributed by atoms with Crippen LogP contribution < -0.4 is 10.1 Å². The van der Waals surface area contributed by atoms with E-state index in [4.69, 9.17) is 16.3 Å². The summed E-state index contributed by atoms with van der Waals surface area (Å²) in [7, 11) is 1.27. The number of ether oxygens (including phenoxy) is 2. The van der Waals surface area contributed by atoms with Crippen LogP contribution in [-0.2, 0) is 9.53 Å². The smallest absolute Gasteiger partial charge is 0.469 e. The molecule has 196 valence electrons. The van der Waals surface area contributed by atoms with Crippen molar-refractivity contribution in [3.63, 3.8) is 0 Å². The first-order valence-electron chi connectivity index (χ1n) is 11.5. The molecule has 4 rings (SSSR count). The van der Waals surface area contributed by atoms with E-state index in [1.807, 2.05) is 0 Å². The Balaban J connectivity index is 1.73. The molecule has 0 aliphatic heterocycles. The first-order chi connectivity index (χ1) is 17.5. The first-order valence-corrected chi connectivity index (χ1v) is 12.6. The second kappa shape index (κ2) is 10.9. The Kier molecular flexibility index (Phi) is 7.99. The summed E-state index contributed by atoms with van der Waals surface area (Å²) in [4.78, 5) is 30.3. The molecule has 0 radical (unpaired) electrons. The summed E-state index contributed by atoms with van der Waals surface area (Å²) >= 11 is 9.73. The highest BCUT2D eigenvalue weighted by Gasteiger charge is 2.39. The fraction of sp³-hybridized carbons (Fsp3) is 0.346. The Hall–Kier alpha value is -2.85. The average Bonchev–Trinajstić information content (AvgIpc) is 2.84. The minimum atomic E-state index is -4.90. The molecule has 1 amide bonds. The van der Waals surface area contributed by atoms with Gasteiger partial charge in [0.2, 0.25) is 0 Å². The van der Waals surface area contributed by atoms with Crippen molar-refractivity contribution in [2.45, 2.75) is 44.5 Å². The lowest BCUT2D eigenvalue weighted by molar-refractivity contribution is -0.275. The Morgan fingerprint density at radius 1 is 1.16 bits per heavy atom. The summed E-state index contributed by atoms with van der Waals surface area (Å²) < 4.78 is 49.4. The van der Waals surface area contributed by atoms with Crippen molar-refractivity contribution in [3.05, 3.63) is 68.8 Å². The van der Waals surface area contributed by atoms with Crippen LogP contribution in [0.5, 0.6) is 5.75 Å². The van der Waals surface area contributed by atoms with E-state index in [1.54, 1.807) is 31.2 Å². The van der Waals surface area contributed by atoms with Crippen LogP contribution >= 0.6 is 27.5 Å². The third-order valence-corrected chi connectivity index (χ3v) is 7.46. The molecule has 2 aromatic carbocycles. The van der Waals surface area contributed by atoms with E-state index in [2.05, 4.69) is 31.0 Å². The number of hydrogen-bond acceptors (Lipinski definition) is 5. The van der Waals surface area contributed by atoms with Gasteiger partial charge in [0.15, 0.2) is 0 Å². The summed E-state index contributed by atoms with van der Waals surface area (Å²) in [5.41, 5.74) is 1.57. The van der Waals surface area contributed by atoms with Gasteiger partial charge in [-0.1, -0.05) is 45.7 Å². The fourth-order valence-electron chi connectivity index (χ4n) is 4.91. The van der Waals surface area contributed by atoms with Crippen molar-refractivity contribution < 1.29 is 32.2 Å². The highest BCUT2D eigenvalue weighted by molar-refractivity contribution is 9.10. The number of aromatic nitrogens is 1. The van der Waals surface area contributed by atoms with Gasteiger partial charge in [-0.3, -0.25) is 9.59 Å². The Bertz CT molecular complexity index is 1350. The maximum absolute atomic E-state index is 13.7. The van der Waals surface area contributed by atoms with Gasteiger partial charge in [0.25, 0.3) is 5.91 Å². The van der Waals surface area contributed by atoms with Crippen LogP contribution in [-0.4, -0.2) is 36.4 Å². The van der Waals surface area contributed by atoms with Crippen LogP contribution in [0.15, 0.2) is 46.9 Å². The second-order valence-electron chi connectivity index (χ2n) is 8.87. The number of carbonyl (C=O) groups is 2. The number of pyridine rings is 1. The molecule has 11 heteroatoms. The van der Waals surface area contributed by atoms with Crippen molar-refractivity contribution in [2.24, 2.45) is 5.92 Å². The molecule has 1 heterocycles.